The second-order valence-electron chi connectivity index (χ2n) is 6.14. The summed E-state index contributed by atoms with van der Waals surface area (Å²) in [5.74, 6) is 2.19. The lowest BCUT2D eigenvalue weighted by molar-refractivity contribution is -0.0483. The normalized spacial score (nSPS) is 27.7. The van der Waals surface area contributed by atoms with E-state index in [2.05, 4.69) is 41.7 Å². The molecule has 0 aromatic carbocycles. The standard InChI is InChI=1S/C16H24BrNO/c1-11(2)15-7-4-12(3)8-16(15)19-10-14-6-5-13(17)9-18-14/h5-6,9,11-12,15-16H,4,7-8,10H2,1-3H3. The molecule has 106 valence electrons. The minimum atomic E-state index is 0.397. The van der Waals surface area contributed by atoms with Crippen LogP contribution in [0.1, 0.15) is 45.7 Å². The summed E-state index contributed by atoms with van der Waals surface area (Å²) < 4.78 is 7.19. The molecular weight excluding hydrogens is 302 g/mol. The van der Waals surface area contributed by atoms with Crippen molar-refractivity contribution in [2.45, 2.75) is 52.7 Å². The molecule has 1 heterocycles. The zero-order valence-corrected chi connectivity index (χ0v) is 13.7. The second-order valence-corrected chi connectivity index (χ2v) is 7.06. The Bertz CT molecular complexity index is 390. The van der Waals surface area contributed by atoms with Gasteiger partial charge in [-0.2, -0.15) is 0 Å². The predicted octanol–water partition coefficient (Wildman–Crippen LogP) is 4.82. The van der Waals surface area contributed by atoms with Crippen molar-refractivity contribution in [1.82, 2.24) is 4.98 Å². The van der Waals surface area contributed by atoms with E-state index in [9.17, 15) is 0 Å². The Hall–Kier alpha value is -0.410. The van der Waals surface area contributed by atoms with Crippen LogP contribution in [-0.2, 0) is 11.3 Å². The molecule has 2 nitrogen and oxygen atoms in total. The van der Waals surface area contributed by atoms with Gasteiger partial charge in [0.2, 0.25) is 0 Å². The van der Waals surface area contributed by atoms with Crippen LogP contribution in [0.25, 0.3) is 0 Å². The molecule has 1 aromatic rings. The third kappa shape index (κ3) is 4.28. The first kappa shape index (κ1) is 15.0. The van der Waals surface area contributed by atoms with Crippen LogP contribution in [-0.4, -0.2) is 11.1 Å². The lowest BCUT2D eigenvalue weighted by atomic mass is 9.75. The van der Waals surface area contributed by atoms with Crippen LogP contribution in [0.5, 0.6) is 0 Å². The molecule has 0 saturated heterocycles. The third-order valence-electron chi connectivity index (χ3n) is 4.20. The summed E-state index contributed by atoms with van der Waals surface area (Å²) in [4.78, 5) is 4.38. The fraction of sp³-hybridized carbons (Fsp3) is 0.688. The molecule has 0 radical (unpaired) electrons. The van der Waals surface area contributed by atoms with Crippen LogP contribution >= 0.6 is 15.9 Å². The van der Waals surface area contributed by atoms with Crippen molar-refractivity contribution in [2.75, 3.05) is 0 Å². The van der Waals surface area contributed by atoms with E-state index in [4.69, 9.17) is 4.74 Å². The monoisotopic (exact) mass is 325 g/mol. The zero-order valence-electron chi connectivity index (χ0n) is 12.1. The van der Waals surface area contributed by atoms with Gasteiger partial charge in [0, 0.05) is 10.7 Å². The third-order valence-corrected chi connectivity index (χ3v) is 4.66. The van der Waals surface area contributed by atoms with Crippen molar-refractivity contribution in [3.8, 4) is 0 Å². The maximum absolute atomic E-state index is 6.18. The average Bonchev–Trinajstić information content (AvgIpc) is 2.38. The Labute approximate surface area is 125 Å². The summed E-state index contributed by atoms with van der Waals surface area (Å²) in [5.41, 5.74) is 1.02. The number of hydrogen-bond acceptors (Lipinski definition) is 2. The van der Waals surface area contributed by atoms with E-state index >= 15 is 0 Å². The topological polar surface area (TPSA) is 22.1 Å². The van der Waals surface area contributed by atoms with Crippen molar-refractivity contribution in [2.24, 2.45) is 17.8 Å². The Kier molecular flexibility index (Phi) is 5.40. The smallest absolute Gasteiger partial charge is 0.0891 e. The quantitative estimate of drug-likeness (QED) is 0.791. The van der Waals surface area contributed by atoms with Crippen molar-refractivity contribution < 1.29 is 4.74 Å². The van der Waals surface area contributed by atoms with Crippen molar-refractivity contribution >= 4 is 15.9 Å². The Balaban J connectivity index is 1.93. The molecule has 1 saturated carbocycles. The van der Waals surface area contributed by atoms with Crippen molar-refractivity contribution in [3.63, 3.8) is 0 Å². The summed E-state index contributed by atoms with van der Waals surface area (Å²) in [6.07, 6.45) is 6.08. The highest BCUT2D eigenvalue weighted by molar-refractivity contribution is 9.10. The molecule has 2 rings (SSSR count). The molecule has 1 aliphatic carbocycles. The molecule has 1 aromatic heterocycles. The first-order chi connectivity index (χ1) is 9.06. The molecule has 3 heteroatoms. The summed E-state index contributed by atoms with van der Waals surface area (Å²) >= 11 is 3.41. The number of hydrogen-bond donors (Lipinski definition) is 0. The van der Waals surface area contributed by atoms with Crippen LogP contribution in [0.4, 0.5) is 0 Å². The summed E-state index contributed by atoms with van der Waals surface area (Å²) in [6.45, 7) is 7.60. The molecule has 1 aliphatic rings. The molecule has 1 fully saturated rings. The van der Waals surface area contributed by atoms with Gasteiger partial charge in [0.15, 0.2) is 0 Å². The predicted molar refractivity (Wildman–Crippen MR) is 81.9 cm³/mol. The van der Waals surface area contributed by atoms with Crippen molar-refractivity contribution in [1.29, 1.82) is 0 Å². The fourth-order valence-corrected chi connectivity index (χ4v) is 3.23. The first-order valence-electron chi connectivity index (χ1n) is 7.28. The van der Waals surface area contributed by atoms with Crippen LogP contribution in [0, 0.1) is 17.8 Å². The van der Waals surface area contributed by atoms with Gasteiger partial charge in [-0.3, -0.25) is 4.98 Å². The molecule has 19 heavy (non-hydrogen) atoms. The van der Waals surface area contributed by atoms with Gasteiger partial charge in [-0.25, -0.2) is 0 Å². The number of pyridine rings is 1. The number of nitrogens with zero attached hydrogens (tertiary/aromatic N) is 1. The highest BCUT2D eigenvalue weighted by Crippen LogP contribution is 2.35. The summed E-state index contributed by atoms with van der Waals surface area (Å²) in [6, 6.07) is 4.05. The Morgan fingerprint density at radius 1 is 1.37 bits per heavy atom. The molecule has 3 unspecified atom stereocenters. The van der Waals surface area contributed by atoms with Gasteiger partial charge in [0.25, 0.3) is 0 Å². The van der Waals surface area contributed by atoms with Crippen molar-refractivity contribution in [3.05, 3.63) is 28.5 Å². The molecule has 0 spiro atoms. The highest BCUT2D eigenvalue weighted by atomic mass is 79.9. The Morgan fingerprint density at radius 2 is 2.16 bits per heavy atom. The average molecular weight is 326 g/mol. The lowest BCUT2D eigenvalue weighted by Gasteiger charge is -2.37. The van der Waals surface area contributed by atoms with Gasteiger partial charge in [-0.15, -0.1) is 0 Å². The molecule has 0 amide bonds. The maximum atomic E-state index is 6.18. The van der Waals surface area contributed by atoms with E-state index in [1.807, 2.05) is 18.3 Å². The van der Waals surface area contributed by atoms with E-state index in [-0.39, 0.29) is 0 Å². The van der Waals surface area contributed by atoms with E-state index in [1.165, 1.54) is 19.3 Å². The SMILES string of the molecule is CC1CCC(C(C)C)C(OCc2ccc(Br)cn2)C1. The number of halogens is 1. The van der Waals surface area contributed by atoms with Gasteiger partial charge in [-0.05, 0) is 58.7 Å². The second kappa shape index (κ2) is 6.85. The van der Waals surface area contributed by atoms with Crippen LogP contribution in [0.2, 0.25) is 0 Å². The van der Waals surface area contributed by atoms with E-state index in [0.29, 0.717) is 24.5 Å². The molecule has 0 aliphatic heterocycles. The van der Waals surface area contributed by atoms with Gasteiger partial charge in [0.05, 0.1) is 18.4 Å². The van der Waals surface area contributed by atoms with E-state index in [0.717, 1.165) is 16.1 Å². The highest BCUT2D eigenvalue weighted by Gasteiger charge is 2.31. The van der Waals surface area contributed by atoms with Gasteiger partial charge < -0.3 is 4.74 Å². The number of aromatic nitrogens is 1. The molecular formula is C16H24BrNO. The zero-order chi connectivity index (χ0) is 13.8. The minimum absolute atomic E-state index is 0.397. The lowest BCUT2D eigenvalue weighted by Crippen LogP contribution is -2.34. The Morgan fingerprint density at radius 3 is 2.79 bits per heavy atom. The van der Waals surface area contributed by atoms with Crippen LogP contribution in [0.3, 0.4) is 0 Å². The summed E-state index contributed by atoms with van der Waals surface area (Å²) in [7, 11) is 0. The molecule has 3 atom stereocenters. The van der Waals surface area contributed by atoms with Crippen LogP contribution < -0.4 is 0 Å². The number of rotatable bonds is 4. The van der Waals surface area contributed by atoms with Gasteiger partial charge in [-0.1, -0.05) is 27.2 Å². The first-order valence-corrected chi connectivity index (χ1v) is 8.07. The van der Waals surface area contributed by atoms with E-state index in [1.54, 1.807) is 0 Å². The van der Waals surface area contributed by atoms with Gasteiger partial charge in [0.1, 0.15) is 0 Å². The largest absolute Gasteiger partial charge is 0.372 e. The minimum Gasteiger partial charge on any atom is -0.372 e. The van der Waals surface area contributed by atoms with Gasteiger partial charge >= 0.3 is 0 Å². The maximum Gasteiger partial charge on any atom is 0.0891 e. The van der Waals surface area contributed by atoms with Crippen LogP contribution in [0.15, 0.2) is 22.8 Å². The van der Waals surface area contributed by atoms with E-state index < -0.39 is 0 Å². The molecule has 0 bridgehead atoms. The fourth-order valence-electron chi connectivity index (χ4n) is 2.99. The summed E-state index contributed by atoms with van der Waals surface area (Å²) in [5, 5.41) is 0. The molecule has 0 N–H and O–H groups in total. The number of ether oxygens (including phenoxy) is 1.